The highest BCUT2D eigenvalue weighted by Crippen LogP contribution is 2.07. The highest BCUT2D eigenvalue weighted by molar-refractivity contribution is 9.18. The number of carbonyl (C=O) groups excluding carboxylic acids is 1. The molecule has 48 valence electrons. The van der Waals surface area contributed by atoms with Gasteiger partial charge in [0.1, 0.15) is 0 Å². The van der Waals surface area contributed by atoms with Gasteiger partial charge in [0.25, 0.3) is 0 Å². The molecule has 0 aliphatic rings. The lowest BCUT2D eigenvalue weighted by molar-refractivity contribution is 0.109. The standard InChI is InChI=1S/C4H3BrN2OS/c1-2-3(4(5)8)7-9-6-2/h1H3. The third-order valence-electron chi connectivity index (χ3n) is 0.839. The molecule has 0 unspecified atom stereocenters. The molecule has 1 heterocycles. The predicted molar refractivity (Wildman–Crippen MR) is 37.9 cm³/mol. The van der Waals surface area contributed by atoms with Crippen LogP contribution in [-0.2, 0) is 0 Å². The second-order valence-corrected chi connectivity index (χ2v) is 2.72. The van der Waals surface area contributed by atoms with Crippen LogP contribution in [0.15, 0.2) is 0 Å². The van der Waals surface area contributed by atoms with Crippen molar-refractivity contribution in [1.82, 2.24) is 8.75 Å². The van der Waals surface area contributed by atoms with Crippen molar-refractivity contribution in [2.45, 2.75) is 6.92 Å². The predicted octanol–water partition coefficient (Wildman–Crippen LogP) is 1.38. The first-order valence-corrected chi connectivity index (χ1v) is 3.73. The summed E-state index contributed by atoms with van der Waals surface area (Å²) in [4.78, 5) is 10.5. The Kier molecular flexibility index (Phi) is 1.92. The number of aromatic nitrogens is 2. The van der Waals surface area contributed by atoms with Crippen LogP contribution in [0.5, 0.6) is 0 Å². The molecule has 0 N–H and O–H groups in total. The molecule has 1 rings (SSSR count). The second-order valence-electron chi connectivity index (χ2n) is 1.47. The number of aryl methyl sites for hydroxylation is 1. The first kappa shape index (κ1) is 6.82. The van der Waals surface area contributed by atoms with Crippen LogP contribution in [0.3, 0.4) is 0 Å². The van der Waals surface area contributed by atoms with Crippen LogP contribution in [-0.4, -0.2) is 13.4 Å². The lowest BCUT2D eigenvalue weighted by Crippen LogP contribution is -1.90. The Balaban J connectivity index is 3.08. The van der Waals surface area contributed by atoms with Crippen molar-refractivity contribution in [2.24, 2.45) is 0 Å². The largest absolute Gasteiger partial charge is 0.279 e. The van der Waals surface area contributed by atoms with Gasteiger partial charge >= 0.3 is 0 Å². The van der Waals surface area contributed by atoms with Crippen molar-refractivity contribution in [3.05, 3.63) is 11.4 Å². The summed E-state index contributed by atoms with van der Waals surface area (Å²) in [7, 11) is 0. The SMILES string of the molecule is Cc1nsnc1C(=O)Br. The molecule has 9 heavy (non-hydrogen) atoms. The topological polar surface area (TPSA) is 42.9 Å². The van der Waals surface area contributed by atoms with E-state index in [-0.39, 0.29) is 4.69 Å². The highest BCUT2D eigenvalue weighted by atomic mass is 79.9. The summed E-state index contributed by atoms with van der Waals surface area (Å²) in [5.41, 5.74) is 1.10. The maximum Gasteiger partial charge on any atom is 0.249 e. The van der Waals surface area contributed by atoms with Gasteiger partial charge in [0.15, 0.2) is 5.69 Å². The van der Waals surface area contributed by atoms with Crippen LogP contribution in [0.1, 0.15) is 16.2 Å². The van der Waals surface area contributed by atoms with E-state index in [1.807, 2.05) is 0 Å². The molecular weight excluding hydrogens is 204 g/mol. The Bertz CT molecular complexity index is 234. The van der Waals surface area contributed by atoms with Crippen molar-refractivity contribution in [1.29, 1.82) is 0 Å². The lowest BCUT2D eigenvalue weighted by Gasteiger charge is -1.81. The Hall–Kier alpha value is -0.290. The molecule has 0 saturated heterocycles. The molecule has 0 saturated carbocycles. The third kappa shape index (κ3) is 1.34. The van der Waals surface area contributed by atoms with Crippen molar-refractivity contribution in [2.75, 3.05) is 0 Å². The minimum atomic E-state index is -0.200. The minimum absolute atomic E-state index is 0.200. The van der Waals surface area contributed by atoms with E-state index in [1.54, 1.807) is 6.92 Å². The van der Waals surface area contributed by atoms with Crippen molar-refractivity contribution in [3.8, 4) is 0 Å². The maximum atomic E-state index is 10.5. The number of nitrogens with zero attached hydrogens (tertiary/aromatic N) is 2. The molecule has 0 fully saturated rings. The van der Waals surface area contributed by atoms with E-state index in [2.05, 4.69) is 24.7 Å². The Morgan fingerprint density at radius 2 is 2.33 bits per heavy atom. The Labute approximate surface area is 64.6 Å². The molecule has 0 bridgehead atoms. The van der Waals surface area contributed by atoms with E-state index in [0.717, 1.165) is 11.7 Å². The van der Waals surface area contributed by atoms with E-state index in [1.165, 1.54) is 0 Å². The maximum absolute atomic E-state index is 10.5. The molecule has 0 spiro atoms. The summed E-state index contributed by atoms with van der Waals surface area (Å²) < 4.78 is 7.37. The quantitative estimate of drug-likeness (QED) is 0.653. The second kappa shape index (κ2) is 2.53. The average Bonchev–Trinajstić information content (AvgIpc) is 2.13. The van der Waals surface area contributed by atoms with Crippen LogP contribution in [0.4, 0.5) is 0 Å². The molecule has 1 aromatic heterocycles. The minimum Gasteiger partial charge on any atom is -0.279 e. The molecular formula is C4H3BrN2OS. The summed E-state index contributed by atoms with van der Waals surface area (Å²) in [5, 5.41) is 0. The Morgan fingerprint density at radius 3 is 2.56 bits per heavy atom. The lowest BCUT2D eigenvalue weighted by atomic mass is 10.4. The molecule has 3 nitrogen and oxygen atoms in total. The van der Waals surface area contributed by atoms with Gasteiger partial charge in [-0.1, -0.05) is 0 Å². The zero-order valence-corrected chi connectivity index (χ0v) is 6.99. The van der Waals surface area contributed by atoms with E-state index < -0.39 is 0 Å². The fourth-order valence-corrected chi connectivity index (χ4v) is 1.45. The highest BCUT2D eigenvalue weighted by Gasteiger charge is 2.08. The van der Waals surface area contributed by atoms with Crippen molar-refractivity contribution >= 4 is 32.4 Å². The van der Waals surface area contributed by atoms with Gasteiger partial charge < -0.3 is 0 Å². The smallest absolute Gasteiger partial charge is 0.249 e. The fraction of sp³-hybridized carbons (Fsp3) is 0.250. The zero-order chi connectivity index (χ0) is 6.85. The number of hydrogen-bond donors (Lipinski definition) is 0. The molecule has 0 aliphatic carbocycles. The monoisotopic (exact) mass is 206 g/mol. The van der Waals surface area contributed by atoms with Crippen molar-refractivity contribution < 1.29 is 4.79 Å². The number of rotatable bonds is 1. The van der Waals surface area contributed by atoms with Gasteiger partial charge in [-0.15, -0.1) is 0 Å². The molecule has 5 heteroatoms. The first-order valence-electron chi connectivity index (χ1n) is 2.21. The van der Waals surface area contributed by atoms with Gasteiger partial charge in [0, 0.05) is 0 Å². The van der Waals surface area contributed by atoms with Crippen LogP contribution in [0.25, 0.3) is 0 Å². The normalized spacial score (nSPS) is 9.56. The fourth-order valence-electron chi connectivity index (χ4n) is 0.410. The van der Waals surface area contributed by atoms with Gasteiger partial charge in [-0.2, -0.15) is 8.75 Å². The van der Waals surface area contributed by atoms with E-state index >= 15 is 0 Å². The third-order valence-corrected chi connectivity index (χ3v) is 1.83. The van der Waals surface area contributed by atoms with Gasteiger partial charge in [-0.3, -0.25) is 4.79 Å². The first-order chi connectivity index (χ1) is 4.22. The number of halogens is 1. The molecule has 0 radical (unpaired) electrons. The molecule has 1 aromatic rings. The van der Waals surface area contributed by atoms with E-state index in [4.69, 9.17) is 0 Å². The summed E-state index contributed by atoms with van der Waals surface area (Å²) in [6.07, 6.45) is 0. The van der Waals surface area contributed by atoms with Crippen LogP contribution >= 0.6 is 27.7 Å². The average molecular weight is 207 g/mol. The zero-order valence-electron chi connectivity index (χ0n) is 4.59. The molecule has 0 amide bonds. The molecule has 0 aromatic carbocycles. The molecule has 0 aliphatic heterocycles. The van der Waals surface area contributed by atoms with Gasteiger partial charge in [0.2, 0.25) is 4.69 Å². The van der Waals surface area contributed by atoms with Gasteiger partial charge in [-0.25, -0.2) is 0 Å². The number of hydrogen-bond acceptors (Lipinski definition) is 4. The van der Waals surface area contributed by atoms with E-state index in [9.17, 15) is 4.79 Å². The van der Waals surface area contributed by atoms with Crippen LogP contribution in [0.2, 0.25) is 0 Å². The van der Waals surface area contributed by atoms with Crippen LogP contribution < -0.4 is 0 Å². The summed E-state index contributed by atoms with van der Waals surface area (Å²) in [6.45, 7) is 1.75. The van der Waals surface area contributed by atoms with Gasteiger partial charge in [0.05, 0.1) is 17.4 Å². The summed E-state index contributed by atoms with van der Waals surface area (Å²) in [6, 6.07) is 0. The molecule has 0 atom stereocenters. The van der Waals surface area contributed by atoms with E-state index in [0.29, 0.717) is 11.4 Å². The van der Waals surface area contributed by atoms with Crippen molar-refractivity contribution in [3.63, 3.8) is 0 Å². The summed E-state index contributed by atoms with van der Waals surface area (Å²) >= 11 is 3.82. The van der Waals surface area contributed by atoms with Gasteiger partial charge in [-0.05, 0) is 22.9 Å². The Morgan fingerprint density at radius 1 is 1.67 bits per heavy atom. The summed E-state index contributed by atoms with van der Waals surface area (Å²) in [5.74, 6) is 0. The number of carbonyl (C=O) groups is 1. The van der Waals surface area contributed by atoms with Crippen LogP contribution in [0, 0.1) is 6.92 Å².